The number of esters is 1. The van der Waals surface area contributed by atoms with Crippen LogP contribution in [0, 0.1) is 5.92 Å². The van der Waals surface area contributed by atoms with Gasteiger partial charge < -0.3 is 19.3 Å². The Labute approximate surface area is 215 Å². The van der Waals surface area contributed by atoms with E-state index in [0.29, 0.717) is 5.75 Å². The number of ketones is 1. The molecule has 0 aliphatic heterocycles. The van der Waals surface area contributed by atoms with Crippen molar-refractivity contribution in [2.45, 2.75) is 32.5 Å². The lowest BCUT2D eigenvalue weighted by Gasteiger charge is -2.27. The van der Waals surface area contributed by atoms with Crippen LogP contribution in [0.1, 0.15) is 42.4 Å². The van der Waals surface area contributed by atoms with Crippen LogP contribution in [0.4, 0.5) is 0 Å². The van der Waals surface area contributed by atoms with E-state index in [1.807, 2.05) is 72.8 Å². The van der Waals surface area contributed by atoms with Gasteiger partial charge in [-0.05, 0) is 29.8 Å². The van der Waals surface area contributed by atoms with Gasteiger partial charge in [-0.25, -0.2) is 4.98 Å². The highest BCUT2D eigenvalue weighted by atomic mass is 16.6. The van der Waals surface area contributed by atoms with Crippen molar-refractivity contribution in [3.8, 4) is 17.2 Å². The summed E-state index contributed by atoms with van der Waals surface area (Å²) in [6.07, 6.45) is -0.0755. The smallest absolute Gasteiger partial charge is 0.309 e. The van der Waals surface area contributed by atoms with Gasteiger partial charge in [-0.1, -0.05) is 67.6 Å². The molecule has 0 radical (unpaired) electrons. The molecule has 0 saturated heterocycles. The van der Waals surface area contributed by atoms with Crippen LogP contribution < -0.4 is 9.47 Å². The second-order valence-electron chi connectivity index (χ2n) is 8.80. The molecule has 3 aromatic carbocycles. The third-order valence-corrected chi connectivity index (χ3v) is 6.13. The van der Waals surface area contributed by atoms with Crippen LogP contribution in [-0.4, -0.2) is 35.1 Å². The summed E-state index contributed by atoms with van der Waals surface area (Å²) < 4.78 is 17.2. The number of benzene rings is 3. The van der Waals surface area contributed by atoms with Gasteiger partial charge in [0.15, 0.2) is 29.1 Å². The molecule has 190 valence electrons. The van der Waals surface area contributed by atoms with Crippen molar-refractivity contribution in [2.24, 2.45) is 5.92 Å². The number of fused-ring (bicyclic) bond motifs is 1. The van der Waals surface area contributed by atoms with E-state index in [4.69, 9.17) is 14.2 Å². The number of carbonyl (C=O) groups is 2. The molecule has 0 saturated carbocycles. The van der Waals surface area contributed by atoms with E-state index in [2.05, 4.69) is 4.98 Å². The van der Waals surface area contributed by atoms with Crippen LogP contribution in [0.2, 0.25) is 0 Å². The van der Waals surface area contributed by atoms with Crippen molar-refractivity contribution >= 4 is 22.5 Å². The molecule has 0 aliphatic carbocycles. The summed E-state index contributed by atoms with van der Waals surface area (Å²) in [5, 5.41) is 12.3. The molecule has 1 N–H and O–H groups in total. The average Bonchev–Trinajstić information content (AvgIpc) is 2.92. The van der Waals surface area contributed by atoms with Crippen LogP contribution in [0.25, 0.3) is 10.8 Å². The first-order valence-electron chi connectivity index (χ1n) is 12.0. The number of nitrogens with zero attached hydrogens (tertiary/aromatic N) is 1. The van der Waals surface area contributed by atoms with Gasteiger partial charge >= 0.3 is 5.97 Å². The molecule has 3 atom stereocenters. The zero-order chi connectivity index (χ0) is 26.4. The van der Waals surface area contributed by atoms with Crippen LogP contribution in [-0.2, 0) is 9.53 Å². The van der Waals surface area contributed by atoms with Crippen molar-refractivity contribution < 1.29 is 28.9 Å². The lowest BCUT2D eigenvalue weighted by atomic mass is 9.97. The first-order valence-corrected chi connectivity index (χ1v) is 12.0. The van der Waals surface area contributed by atoms with Gasteiger partial charge in [0.1, 0.15) is 11.9 Å². The third kappa shape index (κ3) is 5.89. The van der Waals surface area contributed by atoms with E-state index >= 15 is 0 Å². The van der Waals surface area contributed by atoms with Gasteiger partial charge in [-0.3, -0.25) is 9.59 Å². The number of ether oxygens (including phenoxy) is 3. The number of carbonyl (C=O) groups excluding carboxylic acids is 2. The standard InChI is InChI=1S/C30H29NO6/c1-19(18-25(32)27-28(33)26(35-3)16-17-31-27)30(34)36-20(2)29(37-22-12-5-4-6-13-22)24-15-9-11-21-10-7-8-14-23(21)24/h4-17,19-20,29,33H,18H2,1-3H3/t19-,20+,29+/m1/s1. The number of hydrogen-bond acceptors (Lipinski definition) is 7. The SMILES string of the molecule is COc1ccnc(C(=O)C[C@@H](C)C(=O)O[C@@H](C)[C@H](Oc2ccccc2)c2cccc3ccccc23)c1O. The highest BCUT2D eigenvalue weighted by Gasteiger charge is 2.30. The first kappa shape index (κ1) is 25.7. The second kappa shape index (κ2) is 11.6. The molecule has 0 spiro atoms. The molecule has 1 aromatic heterocycles. The predicted octanol–water partition coefficient (Wildman–Crippen LogP) is 5.91. The quantitative estimate of drug-likeness (QED) is 0.214. The summed E-state index contributed by atoms with van der Waals surface area (Å²) in [6, 6.07) is 24.7. The highest BCUT2D eigenvalue weighted by molar-refractivity contribution is 5.99. The monoisotopic (exact) mass is 499 g/mol. The number of methoxy groups -OCH3 is 1. The lowest BCUT2D eigenvalue weighted by molar-refractivity contribution is -0.157. The molecule has 0 aliphatic rings. The summed E-state index contributed by atoms with van der Waals surface area (Å²) in [6.45, 7) is 3.38. The maximum atomic E-state index is 13.0. The number of aromatic hydroxyl groups is 1. The summed E-state index contributed by atoms with van der Waals surface area (Å²) in [4.78, 5) is 29.8. The maximum Gasteiger partial charge on any atom is 0.309 e. The highest BCUT2D eigenvalue weighted by Crippen LogP contribution is 2.33. The Morgan fingerprint density at radius 1 is 0.919 bits per heavy atom. The first-order chi connectivity index (χ1) is 17.9. The van der Waals surface area contributed by atoms with E-state index < -0.39 is 29.9 Å². The molecule has 7 nitrogen and oxygen atoms in total. The molecule has 4 aromatic rings. The molecule has 7 heteroatoms. The number of rotatable bonds is 10. The van der Waals surface area contributed by atoms with Crippen molar-refractivity contribution in [2.75, 3.05) is 7.11 Å². The number of hydrogen-bond donors (Lipinski definition) is 1. The molecule has 37 heavy (non-hydrogen) atoms. The average molecular weight is 500 g/mol. The second-order valence-corrected chi connectivity index (χ2v) is 8.80. The fraction of sp³-hybridized carbons (Fsp3) is 0.233. The topological polar surface area (TPSA) is 95.0 Å². The molecule has 0 fully saturated rings. The zero-order valence-corrected chi connectivity index (χ0v) is 21.0. The number of Topliss-reactive ketones (excluding diaryl/α,β-unsaturated/α-hetero) is 1. The number of pyridine rings is 1. The van der Waals surface area contributed by atoms with Crippen molar-refractivity contribution in [3.63, 3.8) is 0 Å². The molecular weight excluding hydrogens is 470 g/mol. The van der Waals surface area contributed by atoms with E-state index in [9.17, 15) is 14.7 Å². The Morgan fingerprint density at radius 3 is 2.38 bits per heavy atom. The summed E-state index contributed by atoms with van der Waals surface area (Å²) in [5.41, 5.74) is 0.740. The summed E-state index contributed by atoms with van der Waals surface area (Å²) in [7, 11) is 1.38. The molecular formula is C30H29NO6. The minimum Gasteiger partial charge on any atom is -0.503 e. The van der Waals surface area contributed by atoms with Crippen LogP contribution >= 0.6 is 0 Å². The Balaban J connectivity index is 1.54. The van der Waals surface area contributed by atoms with Gasteiger partial charge in [-0.15, -0.1) is 0 Å². The Hall–Kier alpha value is -4.39. The van der Waals surface area contributed by atoms with Crippen molar-refractivity contribution in [3.05, 3.63) is 96.3 Å². The lowest BCUT2D eigenvalue weighted by Crippen LogP contribution is -2.30. The van der Waals surface area contributed by atoms with Crippen molar-refractivity contribution in [1.82, 2.24) is 4.98 Å². The van der Waals surface area contributed by atoms with Crippen LogP contribution in [0.3, 0.4) is 0 Å². The molecule has 1 heterocycles. The fourth-order valence-electron chi connectivity index (χ4n) is 4.18. The Morgan fingerprint density at radius 2 is 1.62 bits per heavy atom. The van der Waals surface area contributed by atoms with E-state index in [1.54, 1.807) is 13.8 Å². The van der Waals surface area contributed by atoms with Gasteiger partial charge in [-0.2, -0.15) is 0 Å². The minimum absolute atomic E-state index is 0.137. The maximum absolute atomic E-state index is 13.0. The Bertz CT molecular complexity index is 1380. The number of para-hydroxylation sites is 1. The van der Waals surface area contributed by atoms with Gasteiger partial charge in [0, 0.05) is 24.2 Å². The molecule has 0 unspecified atom stereocenters. The van der Waals surface area contributed by atoms with E-state index in [-0.39, 0.29) is 23.6 Å². The molecule has 0 amide bonds. The zero-order valence-electron chi connectivity index (χ0n) is 21.0. The van der Waals surface area contributed by atoms with Crippen molar-refractivity contribution in [1.29, 1.82) is 0 Å². The normalized spacial score (nSPS) is 13.4. The fourth-order valence-corrected chi connectivity index (χ4v) is 4.18. The van der Waals surface area contributed by atoms with E-state index in [1.165, 1.54) is 19.4 Å². The van der Waals surface area contributed by atoms with Gasteiger partial charge in [0.05, 0.1) is 13.0 Å². The summed E-state index contributed by atoms with van der Waals surface area (Å²) >= 11 is 0. The summed E-state index contributed by atoms with van der Waals surface area (Å²) in [5.74, 6) is -1.38. The minimum atomic E-state index is -0.771. The van der Waals surface area contributed by atoms with Gasteiger partial charge in [0.2, 0.25) is 0 Å². The van der Waals surface area contributed by atoms with Crippen LogP contribution in [0.15, 0.2) is 85.1 Å². The molecule has 0 bridgehead atoms. The van der Waals surface area contributed by atoms with Gasteiger partial charge in [0.25, 0.3) is 0 Å². The predicted molar refractivity (Wildman–Crippen MR) is 140 cm³/mol. The number of aromatic nitrogens is 1. The van der Waals surface area contributed by atoms with E-state index in [0.717, 1.165) is 16.3 Å². The Kier molecular flexibility index (Phi) is 8.03. The molecule has 4 rings (SSSR count). The largest absolute Gasteiger partial charge is 0.503 e. The third-order valence-electron chi connectivity index (χ3n) is 6.13. The van der Waals surface area contributed by atoms with Crippen LogP contribution in [0.5, 0.6) is 17.2 Å².